The van der Waals surface area contributed by atoms with Gasteiger partial charge in [-0.25, -0.2) is 0 Å². The molecule has 146 valence electrons. The lowest BCUT2D eigenvalue weighted by Gasteiger charge is -2.29. The van der Waals surface area contributed by atoms with Gasteiger partial charge in [-0.05, 0) is 51.0 Å². The second-order valence-electron chi connectivity index (χ2n) is 7.50. The standard InChI is InChI=1S/C20H33N3O2S/c1-5-21-19(22-14-20(3,4)17-8-7-13-26-17)23-16-11-9-15(10-12-16)18(24)25-6-2/h7-8,13,15-16H,5-6,9-12,14H2,1-4H3,(H2,21,22,23). The van der Waals surface area contributed by atoms with Crippen molar-refractivity contribution in [3.63, 3.8) is 0 Å². The van der Waals surface area contributed by atoms with E-state index in [2.05, 4.69) is 48.9 Å². The normalized spacial score (nSPS) is 21.3. The molecule has 1 aromatic rings. The summed E-state index contributed by atoms with van der Waals surface area (Å²) >= 11 is 1.78. The number of carbonyl (C=O) groups is 1. The lowest BCUT2D eigenvalue weighted by molar-refractivity contribution is -0.149. The number of ether oxygens (including phenoxy) is 1. The third-order valence-corrected chi connectivity index (χ3v) is 6.09. The number of rotatable bonds is 7. The summed E-state index contributed by atoms with van der Waals surface area (Å²) in [4.78, 5) is 18.1. The molecular formula is C20H33N3O2S. The van der Waals surface area contributed by atoms with Crippen LogP contribution in [-0.2, 0) is 14.9 Å². The van der Waals surface area contributed by atoms with Crippen LogP contribution in [0.4, 0.5) is 0 Å². The summed E-state index contributed by atoms with van der Waals surface area (Å²) in [5, 5.41) is 9.03. The van der Waals surface area contributed by atoms with E-state index in [-0.39, 0.29) is 17.3 Å². The second-order valence-corrected chi connectivity index (χ2v) is 8.45. The van der Waals surface area contributed by atoms with Crippen molar-refractivity contribution in [1.82, 2.24) is 10.6 Å². The first-order chi connectivity index (χ1) is 12.5. The molecule has 2 N–H and O–H groups in total. The zero-order valence-corrected chi connectivity index (χ0v) is 17.3. The number of nitrogens with one attached hydrogen (secondary N) is 2. The first-order valence-corrected chi connectivity index (χ1v) is 10.6. The van der Waals surface area contributed by atoms with E-state index < -0.39 is 0 Å². The van der Waals surface area contributed by atoms with Crippen LogP contribution in [0.15, 0.2) is 22.5 Å². The Labute approximate surface area is 161 Å². The highest BCUT2D eigenvalue weighted by atomic mass is 32.1. The van der Waals surface area contributed by atoms with E-state index in [0.717, 1.165) is 44.7 Å². The Balaban J connectivity index is 1.89. The highest BCUT2D eigenvalue weighted by Gasteiger charge is 2.28. The molecule has 1 saturated carbocycles. The van der Waals surface area contributed by atoms with E-state index >= 15 is 0 Å². The first kappa shape index (κ1) is 20.7. The average molecular weight is 380 g/mol. The second kappa shape index (κ2) is 9.95. The maximum Gasteiger partial charge on any atom is 0.308 e. The summed E-state index contributed by atoms with van der Waals surface area (Å²) in [5.41, 5.74) is 0.0259. The number of esters is 1. The number of carbonyl (C=O) groups excluding carboxylic acids is 1. The molecule has 0 saturated heterocycles. The summed E-state index contributed by atoms with van der Waals surface area (Å²) in [6.07, 6.45) is 3.72. The van der Waals surface area contributed by atoms with Crippen LogP contribution in [-0.4, -0.2) is 37.7 Å². The third-order valence-electron chi connectivity index (χ3n) is 4.85. The molecule has 1 aromatic heterocycles. The minimum atomic E-state index is -0.0378. The molecule has 6 heteroatoms. The molecule has 0 atom stereocenters. The largest absolute Gasteiger partial charge is 0.466 e. The van der Waals surface area contributed by atoms with E-state index in [1.54, 1.807) is 11.3 Å². The summed E-state index contributed by atoms with van der Waals surface area (Å²) in [6, 6.07) is 4.64. The lowest BCUT2D eigenvalue weighted by atomic mass is 9.86. The number of hydrogen-bond acceptors (Lipinski definition) is 4. The van der Waals surface area contributed by atoms with Gasteiger partial charge < -0.3 is 15.4 Å². The third kappa shape index (κ3) is 6.01. The Kier molecular flexibility index (Phi) is 7.94. The van der Waals surface area contributed by atoms with Crippen LogP contribution in [0, 0.1) is 5.92 Å². The van der Waals surface area contributed by atoms with Gasteiger partial charge in [0.1, 0.15) is 0 Å². The highest BCUT2D eigenvalue weighted by molar-refractivity contribution is 7.10. The average Bonchev–Trinajstić information content (AvgIpc) is 3.16. The Morgan fingerprint density at radius 3 is 2.62 bits per heavy atom. The predicted molar refractivity (Wildman–Crippen MR) is 109 cm³/mol. The van der Waals surface area contributed by atoms with Crippen molar-refractivity contribution in [3.05, 3.63) is 22.4 Å². The first-order valence-electron chi connectivity index (χ1n) is 9.71. The van der Waals surface area contributed by atoms with Crippen LogP contribution in [0.25, 0.3) is 0 Å². The van der Waals surface area contributed by atoms with E-state index in [1.165, 1.54) is 4.88 Å². The Bertz CT molecular complexity index is 576. The molecule has 1 aliphatic rings. The summed E-state index contributed by atoms with van der Waals surface area (Å²) in [6.45, 7) is 10.5. The van der Waals surface area contributed by atoms with Crippen molar-refractivity contribution in [2.75, 3.05) is 19.7 Å². The van der Waals surface area contributed by atoms with Crippen LogP contribution in [0.5, 0.6) is 0 Å². The van der Waals surface area contributed by atoms with Crippen LogP contribution >= 0.6 is 11.3 Å². The molecule has 0 unspecified atom stereocenters. The van der Waals surface area contributed by atoms with Crippen molar-refractivity contribution in [2.45, 2.75) is 64.8 Å². The van der Waals surface area contributed by atoms with Gasteiger partial charge in [0.2, 0.25) is 0 Å². The van der Waals surface area contributed by atoms with Gasteiger partial charge in [-0.2, -0.15) is 0 Å². The SMILES string of the molecule is CCNC(=NCC(C)(C)c1cccs1)NC1CCC(C(=O)OCC)CC1. The fourth-order valence-corrected chi connectivity index (χ4v) is 4.11. The Hall–Kier alpha value is -1.56. The van der Waals surface area contributed by atoms with Crippen molar-refractivity contribution < 1.29 is 9.53 Å². The minimum Gasteiger partial charge on any atom is -0.466 e. The zero-order chi connectivity index (χ0) is 19.0. The number of nitrogens with zero attached hydrogens (tertiary/aromatic N) is 1. The molecule has 1 fully saturated rings. The minimum absolute atomic E-state index is 0.0259. The van der Waals surface area contributed by atoms with Gasteiger partial charge in [0, 0.05) is 22.9 Å². The predicted octanol–water partition coefficient (Wildman–Crippen LogP) is 3.70. The fraction of sp³-hybridized carbons (Fsp3) is 0.700. The monoisotopic (exact) mass is 379 g/mol. The number of hydrogen-bond donors (Lipinski definition) is 2. The van der Waals surface area contributed by atoms with E-state index in [1.807, 2.05) is 6.92 Å². The van der Waals surface area contributed by atoms with E-state index in [4.69, 9.17) is 9.73 Å². The van der Waals surface area contributed by atoms with Crippen LogP contribution in [0.1, 0.15) is 58.3 Å². The molecule has 2 rings (SSSR count). The van der Waals surface area contributed by atoms with E-state index in [0.29, 0.717) is 12.6 Å². The van der Waals surface area contributed by atoms with Gasteiger partial charge in [0.15, 0.2) is 5.96 Å². The van der Waals surface area contributed by atoms with Gasteiger partial charge in [0.05, 0.1) is 19.1 Å². The fourth-order valence-electron chi connectivity index (χ4n) is 3.27. The van der Waals surface area contributed by atoms with Crippen molar-refractivity contribution in [3.8, 4) is 0 Å². The molecule has 0 bridgehead atoms. The quantitative estimate of drug-likeness (QED) is 0.431. The molecule has 0 aliphatic heterocycles. The van der Waals surface area contributed by atoms with Crippen molar-refractivity contribution in [2.24, 2.45) is 10.9 Å². The summed E-state index contributed by atoms with van der Waals surface area (Å²) in [5.74, 6) is 0.895. The molecular weight excluding hydrogens is 346 g/mol. The number of aliphatic imine (C=N–C) groups is 1. The molecule has 0 amide bonds. The lowest BCUT2D eigenvalue weighted by Crippen LogP contribution is -2.46. The van der Waals surface area contributed by atoms with Gasteiger partial charge in [-0.3, -0.25) is 9.79 Å². The summed E-state index contributed by atoms with van der Waals surface area (Å²) in [7, 11) is 0. The summed E-state index contributed by atoms with van der Waals surface area (Å²) < 4.78 is 5.15. The highest BCUT2D eigenvalue weighted by Crippen LogP contribution is 2.28. The smallest absolute Gasteiger partial charge is 0.308 e. The topological polar surface area (TPSA) is 62.7 Å². The number of thiophene rings is 1. The molecule has 0 spiro atoms. The van der Waals surface area contributed by atoms with Crippen LogP contribution in [0.3, 0.4) is 0 Å². The maximum atomic E-state index is 11.9. The molecule has 1 heterocycles. The van der Waals surface area contributed by atoms with Gasteiger partial charge in [0.25, 0.3) is 0 Å². The zero-order valence-electron chi connectivity index (χ0n) is 16.5. The molecule has 26 heavy (non-hydrogen) atoms. The van der Waals surface area contributed by atoms with E-state index in [9.17, 15) is 4.79 Å². The number of guanidine groups is 1. The van der Waals surface area contributed by atoms with Gasteiger partial charge >= 0.3 is 5.97 Å². The Morgan fingerprint density at radius 1 is 1.31 bits per heavy atom. The molecule has 1 aliphatic carbocycles. The maximum absolute atomic E-state index is 11.9. The molecule has 5 nitrogen and oxygen atoms in total. The van der Waals surface area contributed by atoms with Crippen molar-refractivity contribution in [1.29, 1.82) is 0 Å². The van der Waals surface area contributed by atoms with Crippen molar-refractivity contribution >= 4 is 23.3 Å². The van der Waals surface area contributed by atoms with Gasteiger partial charge in [-0.15, -0.1) is 11.3 Å². The molecule has 0 aromatic carbocycles. The Morgan fingerprint density at radius 2 is 2.04 bits per heavy atom. The van der Waals surface area contributed by atoms with Gasteiger partial charge in [-0.1, -0.05) is 19.9 Å². The molecule has 0 radical (unpaired) electrons. The van der Waals surface area contributed by atoms with Crippen LogP contribution < -0.4 is 10.6 Å². The van der Waals surface area contributed by atoms with Crippen LogP contribution in [0.2, 0.25) is 0 Å².